The lowest BCUT2D eigenvalue weighted by Gasteiger charge is -2.21. The summed E-state index contributed by atoms with van der Waals surface area (Å²) in [5.41, 5.74) is 0.325. The Morgan fingerprint density at radius 3 is 3.00 bits per heavy atom. The molecule has 1 fully saturated rings. The zero-order valence-electron chi connectivity index (χ0n) is 9.62. The topological polar surface area (TPSA) is 29.1 Å². The first kappa shape index (κ1) is 14.0. The quantitative estimate of drug-likeness (QED) is 0.930. The Bertz CT molecular complexity index is 438. The number of rotatable bonds is 3. The number of thioether (sulfide) groups is 2. The van der Waals surface area contributed by atoms with Gasteiger partial charge in [0, 0.05) is 29.1 Å². The van der Waals surface area contributed by atoms with Gasteiger partial charge in [-0.3, -0.25) is 4.79 Å². The summed E-state index contributed by atoms with van der Waals surface area (Å²) in [5.74, 6) is 2.69. The van der Waals surface area contributed by atoms with E-state index in [-0.39, 0.29) is 10.9 Å². The molecule has 2 nitrogen and oxygen atoms in total. The fourth-order valence-electron chi connectivity index (χ4n) is 1.63. The van der Waals surface area contributed by atoms with Crippen molar-refractivity contribution in [3.63, 3.8) is 0 Å². The van der Waals surface area contributed by atoms with E-state index in [1.165, 1.54) is 17.9 Å². The molecule has 0 bridgehead atoms. The molecule has 1 amide bonds. The maximum absolute atomic E-state index is 12.9. The average molecular weight is 306 g/mol. The first-order chi connectivity index (χ1) is 8.66. The summed E-state index contributed by atoms with van der Waals surface area (Å²) in [6.45, 7) is 0.629. The second-order valence-corrected chi connectivity index (χ2v) is 6.87. The Kier molecular flexibility index (Phi) is 5.21. The number of hydrogen-bond donors (Lipinski definition) is 1. The van der Waals surface area contributed by atoms with Crippen molar-refractivity contribution in [2.75, 3.05) is 23.8 Å². The number of benzene rings is 1. The Labute approximate surface area is 119 Å². The van der Waals surface area contributed by atoms with Gasteiger partial charge in [0.2, 0.25) is 0 Å². The summed E-state index contributed by atoms with van der Waals surface area (Å²) in [6.07, 6.45) is 0. The van der Waals surface area contributed by atoms with E-state index in [0.717, 1.165) is 17.6 Å². The van der Waals surface area contributed by atoms with Crippen LogP contribution < -0.4 is 5.32 Å². The predicted octanol–water partition coefficient (Wildman–Crippen LogP) is 3.06. The summed E-state index contributed by atoms with van der Waals surface area (Å²) in [5, 5.41) is 3.45. The maximum Gasteiger partial charge on any atom is 0.252 e. The molecule has 1 N–H and O–H groups in total. The molecular weight excluding hydrogens is 293 g/mol. The highest BCUT2D eigenvalue weighted by atomic mass is 35.5. The second-order valence-electron chi connectivity index (χ2n) is 3.90. The van der Waals surface area contributed by atoms with Crippen LogP contribution in [0.2, 0.25) is 5.02 Å². The third-order valence-corrected chi connectivity index (χ3v) is 5.71. The summed E-state index contributed by atoms with van der Waals surface area (Å²) in [6, 6.07) is 3.81. The lowest BCUT2D eigenvalue weighted by Crippen LogP contribution is -2.33. The van der Waals surface area contributed by atoms with Crippen LogP contribution in [0.5, 0.6) is 0 Å². The van der Waals surface area contributed by atoms with E-state index in [1.807, 2.05) is 23.5 Å². The summed E-state index contributed by atoms with van der Waals surface area (Å²) in [7, 11) is 0. The van der Waals surface area contributed by atoms with Gasteiger partial charge in [-0.25, -0.2) is 4.39 Å². The molecule has 2 rings (SSSR count). The van der Waals surface area contributed by atoms with Gasteiger partial charge in [-0.05, 0) is 18.2 Å². The van der Waals surface area contributed by atoms with Gasteiger partial charge in [0.15, 0.2) is 0 Å². The molecule has 18 heavy (non-hydrogen) atoms. The minimum atomic E-state index is -0.434. The Morgan fingerprint density at radius 1 is 1.50 bits per heavy atom. The molecular formula is C12H13ClFNOS2. The normalized spacial score (nSPS) is 19.6. The molecule has 6 heteroatoms. The fourth-order valence-corrected chi connectivity index (χ4v) is 4.49. The zero-order valence-corrected chi connectivity index (χ0v) is 12.0. The molecule has 0 radical (unpaired) electrons. The number of nitrogens with one attached hydrogen (secondary N) is 1. The van der Waals surface area contributed by atoms with E-state index in [0.29, 0.717) is 17.4 Å². The molecule has 1 aromatic carbocycles. The van der Waals surface area contributed by atoms with Crippen LogP contribution in [0.1, 0.15) is 10.4 Å². The van der Waals surface area contributed by atoms with Crippen molar-refractivity contribution in [2.24, 2.45) is 0 Å². The third kappa shape index (κ3) is 3.80. The first-order valence-electron chi connectivity index (χ1n) is 5.59. The Hall–Kier alpha value is -0.390. The molecule has 1 aliphatic rings. The van der Waals surface area contributed by atoms with E-state index >= 15 is 0 Å². The number of amides is 1. The van der Waals surface area contributed by atoms with Gasteiger partial charge in [-0.15, -0.1) is 0 Å². The molecule has 98 valence electrons. The molecule has 0 aliphatic carbocycles. The summed E-state index contributed by atoms with van der Waals surface area (Å²) >= 11 is 9.62. The third-order valence-electron chi connectivity index (χ3n) is 2.55. The number of carbonyl (C=O) groups is 1. The van der Waals surface area contributed by atoms with Crippen LogP contribution in [0.25, 0.3) is 0 Å². The Balaban J connectivity index is 1.90. The second kappa shape index (κ2) is 6.68. The van der Waals surface area contributed by atoms with Crippen molar-refractivity contribution < 1.29 is 9.18 Å². The molecule has 1 saturated heterocycles. The van der Waals surface area contributed by atoms with Gasteiger partial charge in [-0.2, -0.15) is 23.5 Å². The highest BCUT2D eigenvalue weighted by Crippen LogP contribution is 2.23. The van der Waals surface area contributed by atoms with Crippen LogP contribution in [-0.4, -0.2) is 35.0 Å². The molecule has 1 atom stereocenters. The van der Waals surface area contributed by atoms with Crippen molar-refractivity contribution in [1.29, 1.82) is 0 Å². The van der Waals surface area contributed by atoms with E-state index < -0.39 is 5.82 Å². The van der Waals surface area contributed by atoms with Gasteiger partial charge in [0.25, 0.3) is 5.91 Å². The molecule has 0 unspecified atom stereocenters. The predicted molar refractivity (Wildman–Crippen MR) is 77.3 cm³/mol. The molecule has 1 aliphatic heterocycles. The van der Waals surface area contributed by atoms with Crippen LogP contribution in [0.15, 0.2) is 18.2 Å². The zero-order chi connectivity index (χ0) is 13.0. The monoisotopic (exact) mass is 305 g/mol. The van der Waals surface area contributed by atoms with E-state index in [1.54, 1.807) is 0 Å². The average Bonchev–Trinajstić information content (AvgIpc) is 2.37. The van der Waals surface area contributed by atoms with Gasteiger partial charge in [0.1, 0.15) is 5.82 Å². The Morgan fingerprint density at radius 2 is 2.33 bits per heavy atom. The minimum absolute atomic E-state index is 0.151. The lowest BCUT2D eigenvalue weighted by molar-refractivity contribution is 0.0954. The number of carbonyl (C=O) groups excluding carboxylic acids is 1. The van der Waals surface area contributed by atoms with Crippen LogP contribution in [0.3, 0.4) is 0 Å². The van der Waals surface area contributed by atoms with Gasteiger partial charge in [0.05, 0.1) is 10.6 Å². The van der Waals surface area contributed by atoms with Crippen molar-refractivity contribution in [3.05, 3.63) is 34.6 Å². The van der Waals surface area contributed by atoms with Crippen LogP contribution >= 0.6 is 35.1 Å². The molecule has 1 aromatic rings. The van der Waals surface area contributed by atoms with Crippen LogP contribution in [0.4, 0.5) is 4.39 Å². The molecule has 0 spiro atoms. The number of hydrogen-bond acceptors (Lipinski definition) is 3. The van der Waals surface area contributed by atoms with Crippen molar-refractivity contribution in [2.45, 2.75) is 5.25 Å². The van der Waals surface area contributed by atoms with Crippen molar-refractivity contribution in [1.82, 2.24) is 5.32 Å². The van der Waals surface area contributed by atoms with Crippen molar-refractivity contribution >= 4 is 41.0 Å². The smallest absolute Gasteiger partial charge is 0.252 e. The SMILES string of the molecule is O=C(NC[C@@H]1CSCCS1)c1ccc(F)cc1Cl. The minimum Gasteiger partial charge on any atom is -0.351 e. The first-order valence-corrected chi connectivity index (χ1v) is 8.17. The largest absolute Gasteiger partial charge is 0.351 e. The van der Waals surface area contributed by atoms with E-state index in [4.69, 9.17) is 11.6 Å². The highest BCUT2D eigenvalue weighted by Gasteiger charge is 2.16. The fraction of sp³-hybridized carbons (Fsp3) is 0.417. The van der Waals surface area contributed by atoms with E-state index in [2.05, 4.69) is 5.32 Å². The summed E-state index contributed by atoms with van der Waals surface area (Å²) in [4.78, 5) is 11.9. The van der Waals surface area contributed by atoms with Gasteiger partial charge in [-0.1, -0.05) is 11.6 Å². The van der Waals surface area contributed by atoms with Crippen LogP contribution in [0, 0.1) is 5.82 Å². The van der Waals surface area contributed by atoms with Gasteiger partial charge < -0.3 is 5.32 Å². The van der Waals surface area contributed by atoms with Gasteiger partial charge >= 0.3 is 0 Å². The molecule has 0 saturated carbocycles. The lowest BCUT2D eigenvalue weighted by atomic mass is 10.2. The maximum atomic E-state index is 12.9. The van der Waals surface area contributed by atoms with E-state index in [9.17, 15) is 9.18 Å². The van der Waals surface area contributed by atoms with Crippen molar-refractivity contribution in [3.8, 4) is 0 Å². The molecule has 0 aromatic heterocycles. The number of halogens is 2. The highest BCUT2D eigenvalue weighted by molar-refractivity contribution is 8.06. The van der Waals surface area contributed by atoms with Crippen LogP contribution in [-0.2, 0) is 0 Å². The summed E-state index contributed by atoms with van der Waals surface area (Å²) < 4.78 is 12.9. The standard InChI is InChI=1S/C12H13ClFNOS2/c13-11-5-8(14)1-2-10(11)12(16)15-6-9-7-17-3-4-18-9/h1-2,5,9H,3-4,6-7H2,(H,15,16)/t9-/m1/s1. The molecule has 1 heterocycles.